The molecule has 0 aliphatic carbocycles. The first kappa shape index (κ1) is 21.4. The van der Waals surface area contributed by atoms with Crippen molar-refractivity contribution < 1.29 is 27.2 Å². The van der Waals surface area contributed by atoms with Crippen molar-refractivity contribution in [2.75, 3.05) is 25.0 Å². The van der Waals surface area contributed by atoms with Gasteiger partial charge in [0.15, 0.2) is 6.61 Å². The van der Waals surface area contributed by atoms with Gasteiger partial charge in [-0.05, 0) is 50.1 Å². The standard InChI is InChI=1S/C21H25N3O6S/c1-14(10-16-5-3-9-29-16)22-21(26)15-4-2-8-24(12-15)31(27,28)17-6-7-19-18(11-17)23-20(25)13-30-19/h3,5-7,9,11,14-15H,2,4,8,10,12-13H2,1H3,(H,22,26)(H,23,25)/t14-,15+/m1/s1. The van der Waals surface area contributed by atoms with Gasteiger partial charge in [0.25, 0.3) is 5.91 Å². The van der Waals surface area contributed by atoms with Crippen LogP contribution >= 0.6 is 0 Å². The zero-order valence-electron chi connectivity index (χ0n) is 17.2. The Morgan fingerprint density at radius 2 is 2.19 bits per heavy atom. The summed E-state index contributed by atoms with van der Waals surface area (Å²) in [5.41, 5.74) is 0.329. The molecule has 10 heteroatoms. The lowest BCUT2D eigenvalue weighted by Crippen LogP contribution is -2.47. The SMILES string of the molecule is C[C@H](Cc1ccco1)NC(=O)[C@H]1CCCN(S(=O)(=O)c2ccc3c(c2)NC(=O)CO3)C1. The topological polar surface area (TPSA) is 118 Å². The molecule has 1 saturated heterocycles. The Labute approximate surface area is 180 Å². The Bertz CT molecular complexity index is 1070. The number of hydrogen-bond donors (Lipinski definition) is 2. The molecule has 4 rings (SSSR count). The molecule has 0 bridgehead atoms. The third-order valence-corrected chi connectivity index (χ3v) is 7.31. The Morgan fingerprint density at radius 3 is 2.97 bits per heavy atom. The molecule has 1 fully saturated rings. The fourth-order valence-corrected chi connectivity index (χ4v) is 5.44. The van der Waals surface area contributed by atoms with Gasteiger partial charge in [-0.25, -0.2) is 8.42 Å². The molecule has 0 radical (unpaired) electrons. The van der Waals surface area contributed by atoms with E-state index >= 15 is 0 Å². The van der Waals surface area contributed by atoms with Crippen LogP contribution < -0.4 is 15.4 Å². The van der Waals surface area contributed by atoms with E-state index in [0.717, 1.165) is 5.76 Å². The zero-order valence-corrected chi connectivity index (χ0v) is 18.0. The molecule has 2 amide bonds. The second-order valence-electron chi connectivity index (χ2n) is 7.89. The maximum absolute atomic E-state index is 13.2. The summed E-state index contributed by atoms with van der Waals surface area (Å²) in [6, 6.07) is 7.91. The first-order chi connectivity index (χ1) is 14.8. The number of nitrogens with zero attached hydrogens (tertiary/aromatic N) is 1. The van der Waals surface area contributed by atoms with Crippen molar-refractivity contribution in [3.8, 4) is 5.75 Å². The van der Waals surface area contributed by atoms with E-state index in [0.29, 0.717) is 37.2 Å². The lowest BCUT2D eigenvalue weighted by atomic mass is 9.98. The van der Waals surface area contributed by atoms with Crippen molar-refractivity contribution in [2.24, 2.45) is 5.92 Å². The van der Waals surface area contributed by atoms with Gasteiger partial charge in [-0.2, -0.15) is 4.31 Å². The molecular formula is C21H25N3O6S. The fourth-order valence-electron chi connectivity index (χ4n) is 3.89. The van der Waals surface area contributed by atoms with Crippen LogP contribution in [0.25, 0.3) is 0 Å². The van der Waals surface area contributed by atoms with Gasteiger partial charge in [0, 0.05) is 25.6 Å². The smallest absolute Gasteiger partial charge is 0.262 e. The molecule has 31 heavy (non-hydrogen) atoms. The van der Waals surface area contributed by atoms with Crippen LogP contribution in [-0.4, -0.2) is 50.3 Å². The number of fused-ring (bicyclic) bond motifs is 1. The number of amides is 2. The number of benzene rings is 1. The summed E-state index contributed by atoms with van der Waals surface area (Å²) in [5.74, 6) is 0.290. The summed E-state index contributed by atoms with van der Waals surface area (Å²) < 4.78 is 38.3. The van der Waals surface area contributed by atoms with Gasteiger partial charge in [0.1, 0.15) is 11.5 Å². The number of sulfonamides is 1. The van der Waals surface area contributed by atoms with Crippen molar-refractivity contribution in [1.29, 1.82) is 0 Å². The van der Waals surface area contributed by atoms with Gasteiger partial charge in [-0.1, -0.05) is 0 Å². The average molecular weight is 448 g/mol. The Hall–Kier alpha value is -2.85. The van der Waals surface area contributed by atoms with E-state index in [2.05, 4.69) is 10.6 Å². The largest absolute Gasteiger partial charge is 0.482 e. The Morgan fingerprint density at radius 1 is 1.35 bits per heavy atom. The summed E-state index contributed by atoms with van der Waals surface area (Å²) in [6.07, 6.45) is 3.37. The number of carbonyl (C=O) groups is 2. The third kappa shape index (κ3) is 4.75. The summed E-state index contributed by atoms with van der Waals surface area (Å²) in [6.45, 7) is 2.25. The number of ether oxygens (including phenoxy) is 1. The van der Waals surface area contributed by atoms with Crippen LogP contribution in [-0.2, 0) is 26.0 Å². The van der Waals surface area contributed by atoms with Crippen LogP contribution in [0.5, 0.6) is 5.75 Å². The van der Waals surface area contributed by atoms with Gasteiger partial charge < -0.3 is 19.8 Å². The Balaban J connectivity index is 1.43. The highest BCUT2D eigenvalue weighted by molar-refractivity contribution is 7.89. The van der Waals surface area contributed by atoms with Crippen LogP contribution in [0.1, 0.15) is 25.5 Å². The molecule has 166 valence electrons. The molecule has 2 aliphatic rings. The van der Waals surface area contributed by atoms with E-state index < -0.39 is 15.9 Å². The number of rotatable bonds is 6. The van der Waals surface area contributed by atoms with Crippen molar-refractivity contribution in [1.82, 2.24) is 9.62 Å². The third-order valence-electron chi connectivity index (χ3n) is 5.45. The zero-order chi connectivity index (χ0) is 22.0. The molecule has 0 spiro atoms. The number of nitrogens with one attached hydrogen (secondary N) is 2. The molecule has 2 atom stereocenters. The summed E-state index contributed by atoms with van der Waals surface area (Å²) in [7, 11) is -3.82. The number of furan rings is 1. The molecule has 2 aliphatic heterocycles. The van der Waals surface area contributed by atoms with Crippen LogP contribution in [0, 0.1) is 5.92 Å². The first-order valence-electron chi connectivity index (χ1n) is 10.2. The average Bonchev–Trinajstić information content (AvgIpc) is 3.26. The van der Waals surface area contributed by atoms with E-state index in [-0.39, 0.29) is 35.9 Å². The van der Waals surface area contributed by atoms with Crippen LogP contribution in [0.4, 0.5) is 5.69 Å². The molecule has 2 aromatic rings. The highest BCUT2D eigenvalue weighted by Gasteiger charge is 2.34. The quantitative estimate of drug-likeness (QED) is 0.697. The number of carbonyl (C=O) groups excluding carboxylic acids is 2. The van der Waals surface area contributed by atoms with Gasteiger partial charge in [0.2, 0.25) is 15.9 Å². The highest BCUT2D eigenvalue weighted by Crippen LogP contribution is 2.32. The van der Waals surface area contributed by atoms with Gasteiger partial charge in [-0.15, -0.1) is 0 Å². The summed E-state index contributed by atoms with van der Waals surface area (Å²) in [4.78, 5) is 24.4. The minimum atomic E-state index is -3.82. The van der Waals surface area contributed by atoms with E-state index in [1.165, 1.54) is 22.5 Å². The second kappa shape index (κ2) is 8.72. The van der Waals surface area contributed by atoms with Crippen molar-refractivity contribution in [3.63, 3.8) is 0 Å². The Kier molecular flexibility index (Phi) is 6.01. The lowest BCUT2D eigenvalue weighted by Gasteiger charge is -2.32. The monoisotopic (exact) mass is 447 g/mol. The van der Waals surface area contributed by atoms with Crippen LogP contribution in [0.2, 0.25) is 0 Å². The predicted molar refractivity (Wildman–Crippen MR) is 112 cm³/mol. The van der Waals surface area contributed by atoms with Crippen LogP contribution in [0.3, 0.4) is 0 Å². The molecule has 3 heterocycles. The molecule has 2 N–H and O–H groups in total. The van der Waals surface area contributed by atoms with Gasteiger partial charge in [-0.3, -0.25) is 9.59 Å². The normalized spacial score (nSPS) is 20.3. The van der Waals surface area contributed by atoms with Crippen molar-refractivity contribution >= 4 is 27.5 Å². The van der Waals surface area contributed by atoms with Crippen molar-refractivity contribution in [3.05, 3.63) is 42.4 Å². The maximum Gasteiger partial charge on any atom is 0.262 e. The molecule has 9 nitrogen and oxygen atoms in total. The minimum absolute atomic E-state index is 0.0595. The lowest BCUT2D eigenvalue weighted by molar-refractivity contribution is -0.126. The number of piperidine rings is 1. The van der Waals surface area contributed by atoms with Crippen molar-refractivity contribution in [2.45, 2.75) is 37.1 Å². The fraction of sp³-hybridized carbons (Fsp3) is 0.429. The van der Waals surface area contributed by atoms with Gasteiger partial charge in [0.05, 0.1) is 22.8 Å². The maximum atomic E-state index is 13.2. The van der Waals surface area contributed by atoms with E-state index in [1.807, 2.05) is 13.0 Å². The van der Waals surface area contributed by atoms with Crippen LogP contribution in [0.15, 0.2) is 45.9 Å². The second-order valence-corrected chi connectivity index (χ2v) is 9.83. The first-order valence-corrected chi connectivity index (χ1v) is 11.7. The molecule has 1 aromatic heterocycles. The molecule has 0 saturated carbocycles. The number of anilines is 1. The molecular weight excluding hydrogens is 422 g/mol. The minimum Gasteiger partial charge on any atom is -0.482 e. The number of hydrogen-bond acceptors (Lipinski definition) is 6. The van der Waals surface area contributed by atoms with Gasteiger partial charge >= 0.3 is 0 Å². The molecule has 0 unspecified atom stereocenters. The van der Waals surface area contributed by atoms with E-state index in [1.54, 1.807) is 12.3 Å². The van der Waals surface area contributed by atoms with E-state index in [4.69, 9.17) is 9.15 Å². The highest BCUT2D eigenvalue weighted by atomic mass is 32.2. The predicted octanol–water partition coefficient (Wildman–Crippen LogP) is 1.76. The summed E-state index contributed by atoms with van der Waals surface area (Å²) >= 11 is 0. The van der Waals surface area contributed by atoms with E-state index in [9.17, 15) is 18.0 Å². The summed E-state index contributed by atoms with van der Waals surface area (Å²) in [5, 5.41) is 5.58. The molecule has 1 aromatic carbocycles.